The van der Waals surface area contributed by atoms with E-state index < -0.39 is 19.9 Å². The summed E-state index contributed by atoms with van der Waals surface area (Å²) in [6.07, 6.45) is 3.73. The molecule has 0 N–H and O–H groups in total. The van der Waals surface area contributed by atoms with Crippen LogP contribution in [-0.2, 0) is 19.9 Å². The van der Waals surface area contributed by atoms with E-state index in [1.54, 1.807) is 4.31 Å². The summed E-state index contributed by atoms with van der Waals surface area (Å²) < 4.78 is 50.6. The molecule has 1 spiro atoms. The largest absolute Gasteiger partial charge is 0.229 e. The molecule has 4 fully saturated rings. The lowest BCUT2D eigenvalue weighted by molar-refractivity contribution is 0.110. The second-order valence-corrected chi connectivity index (χ2v) is 12.6. The van der Waals surface area contributed by atoms with E-state index in [9.17, 15) is 16.8 Å². The van der Waals surface area contributed by atoms with Gasteiger partial charge in [-0.25, -0.2) is 16.8 Å². The highest BCUT2D eigenvalue weighted by molar-refractivity contribution is 7.91. The van der Waals surface area contributed by atoms with Crippen molar-refractivity contribution >= 4 is 19.9 Å². The maximum atomic E-state index is 12.8. The third kappa shape index (κ3) is 1.85. The minimum atomic E-state index is -3.25. The van der Waals surface area contributed by atoms with Crippen molar-refractivity contribution in [2.75, 3.05) is 23.8 Å². The van der Waals surface area contributed by atoms with Crippen molar-refractivity contribution in [3.63, 3.8) is 0 Å². The van der Waals surface area contributed by atoms with Crippen LogP contribution in [-0.4, -0.2) is 51.0 Å². The predicted molar refractivity (Wildman–Crippen MR) is 84.6 cm³/mol. The normalized spacial score (nSPS) is 47.8. The summed E-state index contributed by atoms with van der Waals surface area (Å²) in [5.41, 5.74) is -0.0186. The summed E-state index contributed by atoms with van der Waals surface area (Å²) in [4.78, 5) is 0. The lowest BCUT2D eigenvalue weighted by atomic mass is 9.69. The van der Waals surface area contributed by atoms with Gasteiger partial charge in [0.1, 0.15) is 0 Å². The second kappa shape index (κ2) is 4.28. The van der Waals surface area contributed by atoms with E-state index in [-0.39, 0.29) is 40.0 Å². The molecule has 0 amide bonds. The van der Waals surface area contributed by atoms with Gasteiger partial charge in [0, 0.05) is 18.0 Å². The summed E-state index contributed by atoms with van der Waals surface area (Å²) in [5.74, 6) is 1.24. The first kappa shape index (κ1) is 15.4. The lowest BCUT2D eigenvalue weighted by Crippen LogP contribution is -2.43. The molecule has 22 heavy (non-hydrogen) atoms. The summed E-state index contributed by atoms with van der Waals surface area (Å²) >= 11 is 0. The molecule has 126 valence electrons. The summed E-state index contributed by atoms with van der Waals surface area (Å²) in [6.45, 7) is 4.89. The molecule has 4 aliphatic rings. The molecule has 2 aliphatic heterocycles. The van der Waals surface area contributed by atoms with E-state index in [1.807, 2.05) is 0 Å². The van der Waals surface area contributed by atoms with Crippen LogP contribution in [0.2, 0.25) is 0 Å². The Morgan fingerprint density at radius 3 is 2.45 bits per heavy atom. The van der Waals surface area contributed by atoms with Gasteiger partial charge < -0.3 is 0 Å². The SMILES string of the molecule is CC1(C)[C@@H]2CC[C@]13CS(=O)(=O)N(CC1CCS(=O)(=O)C1)[C@@H]3C2. The number of rotatable bonds is 2. The Bertz CT molecular complexity index is 712. The molecule has 0 aromatic rings. The molecule has 0 radical (unpaired) electrons. The van der Waals surface area contributed by atoms with E-state index in [2.05, 4.69) is 13.8 Å². The van der Waals surface area contributed by atoms with E-state index in [0.717, 1.165) is 19.3 Å². The fourth-order valence-electron chi connectivity index (χ4n) is 5.89. The topological polar surface area (TPSA) is 71.5 Å². The molecule has 4 atom stereocenters. The van der Waals surface area contributed by atoms with Gasteiger partial charge in [0.25, 0.3) is 0 Å². The smallest absolute Gasteiger partial charge is 0.215 e. The quantitative estimate of drug-likeness (QED) is 0.754. The van der Waals surface area contributed by atoms with Gasteiger partial charge in [0.05, 0.1) is 17.3 Å². The zero-order valence-corrected chi connectivity index (χ0v) is 14.9. The van der Waals surface area contributed by atoms with Gasteiger partial charge >= 0.3 is 0 Å². The molecule has 2 saturated carbocycles. The van der Waals surface area contributed by atoms with Gasteiger partial charge in [0.2, 0.25) is 10.0 Å². The molecule has 5 nitrogen and oxygen atoms in total. The molecular weight excluding hydrogens is 322 g/mol. The number of fused-ring (bicyclic) bond motifs is 1. The van der Waals surface area contributed by atoms with Crippen LogP contribution in [0.4, 0.5) is 0 Å². The van der Waals surface area contributed by atoms with Crippen LogP contribution in [0.3, 0.4) is 0 Å². The lowest BCUT2D eigenvalue weighted by Gasteiger charge is -2.37. The zero-order chi connectivity index (χ0) is 16.0. The number of nitrogens with zero attached hydrogens (tertiary/aromatic N) is 1. The fraction of sp³-hybridized carbons (Fsp3) is 1.00. The van der Waals surface area contributed by atoms with E-state index in [4.69, 9.17) is 0 Å². The fourth-order valence-corrected chi connectivity index (χ4v) is 10.4. The maximum absolute atomic E-state index is 12.8. The van der Waals surface area contributed by atoms with Crippen molar-refractivity contribution in [1.82, 2.24) is 4.31 Å². The highest BCUT2D eigenvalue weighted by Crippen LogP contribution is 2.70. The van der Waals surface area contributed by atoms with Crippen LogP contribution in [0.15, 0.2) is 0 Å². The number of sulfonamides is 1. The van der Waals surface area contributed by atoms with Crippen molar-refractivity contribution < 1.29 is 16.8 Å². The van der Waals surface area contributed by atoms with Crippen LogP contribution in [0.5, 0.6) is 0 Å². The Labute approximate surface area is 133 Å². The van der Waals surface area contributed by atoms with Crippen molar-refractivity contribution in [1.29, 1.82) is 0 Å². The molecule has 4 rings (SSSR count). The Hall–Kier alpha value is -0.140. The van der Waals surface area contributed by atoms with Crippen molar-refractivity contribution in [3.8, 4) is 0 Å². The van der Waals surface area contributed by atoms with E-state index >= 15 is 0 Å². The van der Waals surface area contributed by atoms with Crippen molar-refractivity contribution in [3.05, 3.63) is 0 Å². The number of hydrogen-bond donors (Lipinski definition) is 0. The molecule has 0 aromatic heterocycles. The summed E-state index contributed by atoms with van der Waals surface area (Å²) in [6, 6.07) is 0.106. The molecule has 1 unspecified atom stereocenters. The minimum absolute atomic E-state index is 0.0165. The maximum Gasteiger partial charge on any atom is 0.215 e. The first-order valence-corrected chi connectivity index (χ1v) is 11.7. The zero-order valence-electron chi connectivity index (χ0n) is 13.3. The van der Waals surface area contributed by atoms with Gasteiger partial charge in [0.15, 0.2) is 9.84 Å². The molecule has 2 heterocycles. The minimum Gasteiger partial charge on any atom is -0.229 e. The van der Waals surface area contributed by atoms with Crippen LogP contribution in [0, 0.1) is 22.7 Å². The molecule has 0 aromatic carbocycles. The van der Waals surface area contributed by atoms with Gasteiger partial charge in [-0.3, -0.25) is 0 Å². The van der Waals surface area contributed by atoms with Gasteiger partial charge in [-0.2, -0.15) is 4.31 Å². The third-order valence-corrected chi connectivity index (χ3v) is 11.1. The van der Waals surface area contributed by atoms with E-state index in [1.165, 1.54) is 0 Å². The van der Waals surface area contributed by atoms with Crippen molar-refractivity contribution in [2.45, 2.75) is 45.6 Å². The highest BCUT2D eigenvalue weighted by atomic mass is 32.2. The van der Waals surface area contributed by atoms with Crippen LogP contribution < -0.4 is 0 Å². The third-order valence-electron chi connectivity index (χ3n) is 7.30. The average Bonchev–Trinajstić information content (AvgIpc) is 2.98. The molecule has 2 aliphatic carbocycles. The van der Waals surface area contributed by atoms with Gasteiger partial charge in [-0.05, 0) is 42.9 Å². The average molecular weight is 348 g/mol. The molecule has 7 heteroatoms. The molecular formula is C15H25NO4S2. The van der Waals surface area contributed by atoms with Crippen molar-refractivity contribution in [2.24, 2.45) is 22.7 Å². The van der Waals surface area contributed by atoms with Crippen LogP contribution in [0.1, 0.15) is 39.5 Å². The van der Waals surface area contributed by atoms with Crippen LogP contribution >= 0.6 is 0 Å². The molecule has 2 saturated heterocycles. The first-order valence-electron chi connectivity index (χ1n) is 8.27. The monoisotopic (exact) mass is 347 g/mol. The Balaban J connectivity index is 1.64. The number of hydrogen-bond acceptors (Lipinski definition) is 4. The standard InChI is InChI=1S/C15H25NO4S2/c1-14(2)12-3-5-15(14)10-22(19,20)16(13(15)7-12)8-11-4-6-21(17,18)9-11/h11-13H,3-10H2,1-2H3/t11?,12-,13-,15-/m1/s1. The Kier molecular flexibility index (Phi) is 2.99. The Morgan fingerprint density at radius 2 is 1.86 bits per heavy atom. The Morgan fingerprint density at radius 1 is 1.14 bits per heavy atom. The van der Waals surface area contributed by atoms with E-state index in [0.29, 0.717) is 18.9 Å². The summed E-state index contributed by atoms with van der Waals surface area (Å²) in [7, 11) is -6.20. The van der Waals surface area contributed by atoms with Gasteiger partial charge in [-0.15, -0.1) is 0 Å². The predicted octanol–water partition coefficient (Wildman–Crippen LogP) is 1.26. The number of sulfone groups is 1. The highest BCUT2D eigenvalue weighted by Gasteiger charge is 2.71. The molecule has 2 bridgehead atoms. The van der Waals surface area contributed by atoms with Gasteiger partial charge in [-0.1, -0.05) is 13.8 Å². The summed E-state index contributed by atoms with van der Waals surface area (Å²) in [5, 5.41) is 0. The van der Waals surface area contributed by atoms with Crippen LogP contribution in [0.25, 0.3) is 0 Å². The first-order chi connectivity index (χ1) is 10.1. The second-order valence-electron chi connectivity index (χ2n) is 8.46.